The van der Waals surface area contributed by atoms with E-state index in [1.807, 2.05) is 18.2 Å². The van der Waals surface area contributed by atoms with Crippen LogP contribution in [0.4, 0.5) is 0 Å². The van der Waals surface area contributed by atoms with Gasteiger partial charge in [-0.3, -0.25) is 10.2 Å². The maximum atomic E-state index is 12.7. The van der Waals surface area contributed by atoms with Gasteiger partial charge in [-0.1, -0.05) is 13.8 Å². The summed E-state index contributed by atoms with van der Waals surface area (Å²) in [7, 11) is 3.27. The zero-order valence-corrected chi connectivity index (χ0v) is 15.7. The number of aromatic nitrogens is 1. The summed E-state index contributed by atoms with van der Waals surface area (Å²) in [6.07, 6.45) is 2.19. The van der Waals surface area contributed by atoms with Gasteiger partial charge in [0.2, 0.25) is 0 Å². The fourth-order valence-electron chi connectivity index (χ4n) is 4.33. The van der Waals surface area contributed by atoms with Crippen molar-refractivity contribution in [2.24, 2.45) is 5.41 Å². The summed E-state index contributed by atoms with van der Waals surface area (Å²) in [6, 6.07) is 5.84. The van der Waals surface area contributed by atoms with E-state index in [4.69, 9.17) is 14.9 Å². The first kappa shape index (κ1) is 16.9. The molecule has 26 heavy (non-hydrogen) atoms. The summed E-state index contributed by atoms with van der Waals surface area (Å²) in [4.78, 5) is 12.7. The van der Waals surface area contributed by atoms with Crippen molar-refractivity contribution in [3.8, 4) is 22.8 Å². The third kappa shape index (κ3) is 2.45. The third-order valence-electron chi connectivity index (χ3n) is 5.51. The molecule has 5 heteroatoms. The van der Waals surface area contributed by atoms with Crippen molar-refractivity contribution in [2.75, 3.05) is 14.2 Å². The standard InChI is InChI=1S/C21H24N2O3/c1-21(2)10-16-20(17(24)11-21)14(22)9-15-13-8-19(26-4)18(25-3)7-12(13)5-6-23(15)16/h7-9,22H,5-6,10-11H2,1-4H3. The molecule has 5 nitrogen and oxygen atoms in total. The first-order valence-electron chi connectivity index (χ1n) is 8.94. The minimum absolute atomic E-state index is 0.0729. The minimum atomic E-state index is -0.0729. The fraction of sp³-hybridized carbons (Fsp3) is 0.429. The average Bonchev–Trinajstić information content (AvgIpc) is 2.58. The quantitative estimate of drug-likeness (QED) is 0.901. The van der Waals surface area contributed by atoms with E-state index < -0.39 is 0 Å². The molecule has 0 bridgehead atoms. The van der Waals surface area contributed by atoms with Gasteiger partial charge in [0.05, 0.1) is 30.8 Å². The number of hydrogen-bond acceptors (Lipinski definition) is 4. The van der Waals surface area contributed by atoms with Crippen molar-refractivity contribution in [1.82, 2.24) is 4.57 Å². The molecule has 1 aliphatic heterocycles. The Bertz CT molecular complexity index is 986. The highest BCUT2D eigenvalue weighted by Gasteiger charge is 2.35. The summed E-state index contributed by atoms with van der Waals surface area (Å²) < 4.78 is 13.1. The monoisotopic (exact) mass is 352 g/mol. The van der Waals surface area contributed by atoms with Gasteiger partial charge in [-0.25, -0.2) is 0 Å². The molecule has 0 saturated carbocycles. The number of hydrogen-bond donors (Lipinski definition) is 1. The molecular weight excluding hydrogens is 328 g/mol. The van der Waals surface area contributed by atoms with Crippen LogP contribution in [-0.2, 0) is 19.4 Å². The first-order valence-corrected chi connectivity index (χ1v) is 8.94. The largest absolute Gasteiger partial charge is 0.493 e. The van der Waals surface area contributed by atoms with E-state index >= 15 is 0 Å². The topological polar surface area (TPSA) is 64.3 Å². The number of aryl methyl sites for hydroxylation is 1. The average molecular weight is 352 g/mol. The van der Waals surface area contributed by atoms with E-state index in [9.17, 15) is 4.79 Å². The second-order valence-electron chi connectivity index (χ2n) is 7.97. The Hall–Kier alpha value is -2.56. The van der Waals surface area contributed by atoms with E-state index in [2.05, 4.69) is 18.4 Å². The Morgan fingerprint density at radius 2 is 1.77 bits per heavy atom. The molecule has 0 atom stereocenters. The lowest BCUT2D eigenvalue weighted by Gasteiger charge is -2.35. The summed E-state index contributed by atoms with van der Waals surface area (Å²) >= 11 is 0. The van der Waals surface area contributed by atoms with Gasteiger partial charge in [-0.05, 0) is 42.0 Å². The molecule has 1 N–H and O–H groups in total. The van der Waals surface area contributed by atoms with Crippen LogP contribution in [0.25, 0.3) is 11.3 Å². The Morgan fingerprint density at radius 3 is 2.46 bits per heavy atom. The number of ketones is 1. The van der Waals surface area contributed by atoms with Crippen molar-refractivity contribution in [3.63, 3.8) is 0 Å². The predicted molar refractivity (Wildman–Crippen MR) is 99.0 cm³/mol. The zero-order chi connectivity index (χ0) is 18.6. The van der Waals surface area contributed by atoms with Crippen molar-refractivity contribution >= 4 is 5.78 Å². The number of methoxy groups -OCH3 is 2. The summed E-state index contributed by atoms with van der Waals surface area (Å²) in [5.74, 6) is 1.50. The molecule has 0 fully saturated rings. The normalized spacial score (nSPS) is 17.2. The lowest BCUT2D eigenvalue weighted by atomic mass is 9.75. The SMILES string of the molecule is COc1cc2c(cc1OC)-c1cc(=N)c3c(n1CC2)CC(C)(C)CC3=O. The van der Waals surface area contributed by atoms with Crippen LogP contribution < -0.4 is 14.8 Å². The van der Waals surface area contributed by atoms with Crippen LogP contribution in [-0.4, -0.2) is 24.6 Å². The van der Waals surface area contributed by atoms with Crippen LogP contribution in [0.1, 0.15) is 41.9 Å². The summed E-state index contributed by atoms with van der Waals surface area (Å²) in [6.45, 7) is 5.06. The van der Waals surface area contributed by atoms with E-state index in [1.165, 1.54) is 5.56 Å². The van der Waals surface area contributed by atoms with Gasteiger partial charge < -0.3 is 14.0 Å². The van der Waals surface area contributed by atoms with Crippen molar-refractivity contribution in [2.45, 2.75) is 39.7 Å². The highest BCUT2D eigenvalue weighted by Crippen LogP contribution is 2.41. The van der Waals surface area contributed by atoms with Crippen LogP contribution >= 0.6 is 0 Å². The van der Waals surface area contributed by atoms with Crippen molar-refractivity contribution in [1.29, 1.82) is 5.41 Å². The Morgan fingerprint density at radius 1 is 1.08 bits per heavy atom. The molecule has 0 unspecified atom stereocenters. The van der Waals surface area contributed by atoms with Gasteiger partial charge in [-0.2, -0.15) is 0 Å². The highest BCUT2D eigenvalue weighted by molar-refractivity contribution is 5.98. The molecular formula is C21H24N2O3. The van der Waals surface area contributed by atoms with E-state index in [0.717, 1.165) is 42.1 Å². The summed E-state index contributed by atoms with van der Waals surface area (Å²) in [5.41, 5.74) is 4.77. The van der Waals surface area contributed by atoms with Crippen LogP contribution in [0.15, 0.2) is 18.2 Å². The van der Waals surface area contributed by atoms with Gasteiger partial charge in [-0.15, -0.1) is 0 Å². The van der Waals surface area contributed by atoms with Crippen molar-refractivity contribution in [3.05, 3.63) is 40.4 Å². The van der Waals surface area contributed by atoms with Gasteiger partial charge in [0.25, 0.3) is 0 Å². The van der Waals surface area contributed by atoms with Crippen LogP contribution in [0.5, 0.6) is 11.5 Å². The smallest absolute Gasteiger partial charge is 0.167 e. The Kier molecular flexibility index (Phi) is 3.72. The lowest BCUT2D eigenvalue weighted by molar-refractivity contribution is 0.0906. The molecule has 0 amide bonds. The molecule has 136 valence electrons. The fourth-order valence-corrected chi connectivity index (χ4v) is 4.33. The molecule has 0 spiro atoms. The number of Topliss-reactive ketones (excluding diaryl/α,β-unsaturated/α-hetero) is 1. The molecule has 1 aliphatic carbocycles. The molecule has 1 aromatic carbocycles. The van der Waals surface area contributed by atoms with Crippen LogP contribution in [0.2, 0.25) is 0 Å². The molecule has 0 radical (unpaired) electrons. The molecule has 4 rings (SSSR count). The number of fused-ring (bicyclic) bond motifs is 5. The van der Waals surface area contributed by atoms with Crippen LogP contribution in [0, 0.1) is 10.8 Å². The Balaban J connectivity index is 1.98. The van der Waals surface area contributed by atoms with Gasteiger partial charge in [0.1, 0.15) is 0 Å². The highest BCUT2D eigenvalue weighted by atomic mass is 16.5. The number of rotatable bonds is 2. The zero-order valence-electron chi connectivity index (χ0n) is 15.7. The van der Waals surface area contributed by atoms with Crippen molar-refractivity contribution < 1.29 is 14.3 Å². The molecule has 2 heterocycles. The number of carbonyl (C=O) groups excluding carboxylic acids is 1. The Labute approximate surface area is 153 Å². The number of nitrogens with zero attached hydrogens (tertiary/aromatic N) is 1. The van der Waals surface area contributed by atoms with E-state index in [0.29, 0.717) is 23.1 Å². The van der Waals surface area contributed by atoms with Gasteiger partial charge >= 0.3 is 0 Å². The molecule has 0 saturated heterocycles. The van der Waals surface area contributed by atoms with Crippen LogP contribution in [0.3, 0.4) is 0 Å². The number of pyridine rings is 1. The second-order valence-corrected chi connectivity index (χ2v) is 7.97. The second kappa shape index (κ2) is 5.73. The minimum Gasteiger partial charge on any atom is -0.493 e. The van der Waals surface area contributed by atoms with E-state index in [1.54, 1.807) is 14.2 Å². The maximum absolute atomic E-state index is 12.7. The first-order chi connectivity index (χ1) is 12.3. The molecule has 1 aromatic heterocycles. The number of carbonyl (C=O) groups is 1. The molecule has 2 aliphatic rings. The lowest BCUT2D eigenvalue weighted by Crippen LogP contribution is -2.36. The van der Waals surface area contributed by atoms with E-state index in [-0.39, 0.29) is 11.2 Å². The maximum Gasteiger partial charge on any atom is 0.167 e. The summed E-state index contributed by atoms with van der Waals surface area (Å²) in [5, 5.41) is 8.81. The van der Waals surface area contributed by atoms with Gasteiger partial charge in [0, 0.05) is 24.2 Å². The number of ether oxygens (including phenoxy) is 2. The number of nitrogens with one attached hydrogen (secondary N) is 1. The predicted octanol–water partition coefficient (Wildman–Crippen LogP) is 3.36. The molecule has 2 aromatic rings. The number of benzene rings is 1. The van der Waals surface area contributed by atoms with Gasteiger partial charge in [0.15, 0.2) is 17.3 Å². The third-order valence-corrected chi connectivity index (χ3v) is 5.51.